The molecule has 18 heavy (non-hydrogen) atoms. The highest BCUT2D eigenvalue weighted by Crippen LogP contribution is 2.28. The molecule has 1 heterocycles. The summed E-state index contributed by atoms with van der Waals surface area (Å²) in [6.07, 6.45) is 0.554. The molecule has 1 aromatic heterocycles. The molecule has 0 saturated carbocycles. The first-order valence-corrected chi connectivity index (χ1v) is 5.73. The summed E-state index contributed by atoms with van der Waals surface area (Å²) in [5, 5.41) is 11.2. The van der Waals surface area contributed by atoms with Crippen LogP contribution in [0.2, 0.25) is 5.02 Å². The second kappa shape index (κ2) is 5.70. The van der Waals surface area contributed by atoms with Crippen molar-refractivity contribution in [3.8, 4) is 5.75 Å². The van der Waals surface area contributed by atoms with Crippen LogP contribution in [-0.4, -0.2) is 23.9 Å². The lowest BCUT2D eigenvalue weighted by Crippen LogP contribution is -2.02. The van der Waals surface area contributed by atoms with E-state index in [0.717, 1.165) is 5.69 Å². The monoisotopic (exact) mass is 268 g/mol. The number of hydrogen-bond donors (Lipinski definition) is 2. The molecule has 2 rings (SSSR count). The standard InChI is InChI=1S/C11H13ClN4O2/c1-17-9-6-7(2-3-8(9)12)14-11-16-15-10(18-11)4-5-13/h2-3,6H,4-5,13H2,1H3,(H,14,16). The molecule has 2 aromatic rings. The van der Waals surface area contributed by atoms with Gasteiger partial charge in [-0.15, -0.1) is 5.10 Å². The van der Waals surface area contributed by atoms with E-state index in [4.69, 9.17) is 26.5 Å². The fourth-order valence-corrected chi connectivity index (χ4v) is 1.58. The number of anilines is 2. The maximum atomic E-state index is 5.93. The lowest BCUT2D eigenvalue weighted by atomic mass is 10.3. The summed E-state index contributed by atoms with van der Waals surface area (Å²) in [6, 6.07) is 5.56. The van der Waals surface area contributed by atoms with Crippen molar-refractivity contribution in [2.75, 3.05) is 19.0 Å². The Kier molecular flexibility index (Phi) is 4.01. The third kappa shape index (κ3) is 2.91. The van der Waals surface area contributed by atoms with E-state index in [1.165, 1.54) is 0 Å². The predicted molar refractivity (Wildman–Crippen MR) is 68.3 cm³/mol. The Hall–Kier alpha value is -1.79. The Balaban J connectivity index is 2.12. The molecule has 0 fully saturated rings. The zero-order valence-electron chi connectivity index (χ0n) is 9.81. The molecule has 0 aliphatic carbocycles. The Morgan fingerprint density at radius 2 is 2.28 bits per heavy atom. The van der Waals surface area contributed by atoms with Crippen LogP contribution in [0.3, 0.4) is 0 Å². The third-order valence-corrected chi connectivity index (χ3v) is 2.54. The number of nitrogens with zero attached hydrogens (tertiary/aromatic N) is 2. The average molecular weight is 269 g/mol. The summed E-state index contributed by atoms with van der Waals surface area (Å²) < 4.78 is 10.5. The van der Waals surface area contributed by atoms with Gasteiger partial charge in [0.2, 0.25) is 5.89 Å². The van der Waals surface area contributed by atoms with Crippen molar-refractivity contribution in [3.63, 3.8) is 0 Å². The van der Waals surface area contributed by atoms with E-state index >= 15 is 0 Å². The van der Waals surface area contributed by atoms with Crippen molar-refractivity contribution in [2.45, 2.75) is 6.42 Å². The van der Waals surface area contributed by atoms with Gasteiger partial charge in [-0.3, -0.25) is 0 Å². The summed E-state index contributed by atoms with van der Waals surface area (Å²) >= 11 is 5.93. The van der Waals surface area contributed by atoms with Crippen LogP contribution >= 0.6 is 11.6 Å². The van der Waals surface area contributed by atoms with Crippen LogP contribution in [0.1, 0.15) is 5.89 Å². The molecule has 7 heteroatoms. The fourth-order valence-electron chi connectivity index (χ4n) is 1.39. The van der Waals surface area contributed by atoms with Crippen molar-refractivity contribution in [1.82, 2.24) is 10.2 Å². The van der Waals surface area contributed by atoms with Crippen LogP contribution in [0, 0.1) is 0 Å². The minimum atomic E-state index is 0.308. The maximum absolute atomic E-state index is 5.93. The number of rotatable bonds is 5. The Morgan fingerprint density at radius 1 is 1.44 bits per heavy atom. The highest BCUT2D eigenvalue weighted by molar-refractivity contribution is 6.32. The Labute approximate surface area is 109 Å². The molecule has 0 aliphatic rings. The second-order valence-corrected chi connectivity index (χ2v) is 3.92. The summed E-state index contributed by atoms with van der Waals surface area (Å²) in [5.74, 6) is 1.07. The quantitative estimate of drug-likeness (QED) is 0.862. The van der Waals surface area contributed by atoms with Gasteiger partial charge >= 0.3 is 6.01 Å². The number of halogens is 1. The predicted octanol–water partition coefficient (Wildman–Crippen LogP) is 1.98. The van der Waals surface area contributed by atoms with Crippen LogP contribution in [0.25, 0.3) is 0 Å². The maximum Gasteiger partial charge on any atom is 0.320 e. The van der Waals surface area contributed by atoms with E-state index in [1.54, 1.807) is 25.3 Å². The van der Waals surface area contributed by atoms with Gasteiger partial charge in [-0.2, -0.15) is 0 Å². The van der Waals surface area contributed by atoms with E-state index < -0.39 is 0 Å². The highest BCUT2D eigenvalue weighted by atomic mass is 35.5. The van der Waals surface area contributed by atoms with E-state index in [-0.39, 0.29) is 0 Å². The molecule has 6 nitrogen and oxygen atoms in total. The van der Waals surface area contributed by atoms with Gasteiger partial charge in [0.05, 0.1) is 12.1 Å². The largest absolute Gasteiger partial charge is 0.495 e. The number of nitrogens with two attached hydrogens (primary N) is 1. The fraction of sp³-hybridized carbons (Fsp3) is 0.273. The van der Waals surface area contributed by atoms with Gasteiger partial charge in [-0.05, 0) is 12.1 Å². The molecule has 0 aliphatic heterocycles. The van der Waals surface area contributed by atoms with Crippen molar-refractivity contribution in [3.05, 3.63) is 29.1 Å². The second-order valence-electron chi connectivity index (χ2n) is 3.51. The van der Waals surface area contributed by atoms with Gasteiger partial charge in [0.15, 0.2) is 0 Å². The molecule has 0 saturated heterocycles. The van der Waals surface area contributed by atoms with Crippen LogP contribution < -0.4 is 15.8 Å². The normalized spacial score (nSPS) is 10.4. The van der Waals surface area contributed by atoms with Crippen molar-refractivity contribution >= 4 is 23.3 Å². The first kappa shape index (κ1) is 12.7. The zero-order chi connectivity index (χ0) is 13.0. The van der Waals surface area contributed by atoms with Gasteiger partial charge in [0, 0.05) is 24.7 Å². The smallest absolute Gasteiger partial charge is 0.320 e. The van der Waals surface area contributed by atoms with Crippen LogP contribution in [0.4, 0.5) is 11.7 Å². The topological polar surface area (TPSA) is 86.2 Å². The van der Waals surface area contributed by atoms with E-state index in [2.05, 4.69) is 15.5 Å². The van der Waals surface area contributed by atoms with E-state index in [1.807, 2.05) is 0 Å². The van der Waals surface area contributed by atoms with Gasteiger partial charge in [0.25, 0.3) is 0 Å². The SMILES string of the molecule is COc1cc(Nc2nnc(CCN)o2)ccc1Cl. The number of benzene rings is 1. The molecule has 0 unspecified atom stereocenters. The summed E-state index contributed by atoms with van der Waals surface area (Å²) in [6.45, 7) is 0.469. The molecule has 0 radical (unpaired) electrons. The number of nitrogens with one attached hydrogen (secondary N) is 1. The van der Waals surface area contributed by atoms with E-state index in [0.29, 0.717) is 35.6 Å². The molecule has 0 bridgehead atoms. The number of aromatic nitrogens is 2. The lowest BCUT2D eigenvalue weighted by Gasteiger charge is -2.06. The summed E-state index contributed by atoms with van der Waals surface area (Å²) in [4.78, 5) is 0. The first-order chi connectivity index (χ1) is 8.72. The van der Waals surface area contributed by atoms with Crippen molar-refractivity contribution in [1.29, 1.82) is 0 Å². The summed E-state index contributed by atoms with van der Waals surface area (Å²) in [7, 11) is 1.55. The molecule has 0 atom stereocenters. The van der Waals surface area contributed by atoms with E-state index in [9.17, 15) is 0 Å². The molecule has 96 valence electrons. The minimum Gasteiger partial charge on any atom is -0.495 e. The van der Waals surface area contributed by atoms with Crippen LogP contribution in [-0.2, 0) is 6.42 Å². The Bertz CT molecular complexity index is 530. The first-order valence-electron chi connectivity index (χ1n) is 5.36. The molecule has 3 N–H and O–H groups in total. The van der Waals surface area contributed by atoms with Crippen molar-refractivity contribution < 1.29 is 9.15 Å². The molecule has 0 spiro atoms. The third-order valence-electron chi connectivity index (χ3n) is 2.23. The number of ether oxygens (including phenoxy) is 1. The van der Waals surface area contributed by atoms with Crippen LogP contribution in [0.15, 0.2) is 22.6 Å². The molecule has 0 amide bonds. The lowest BCUT2D eigenvalue weighted by molar-refractivity contribution is 0.415. The number of methoxy groups -OCH3 is 1. The van der Waals surface area contributed by atoms with Crippen LogP contribution in [0.5, 0.6) is 5.75 Å². The molecular formula is C11H13ClN4O2. The molecular weight excluding hydrogens is 256 g/mol. The molecule has 1 aromatic carbocycles. The highest BCUT2D eigenvalue weighted by Gasteiger charge is 2.07. The minimum absolute atomic E-state index is 0.308. The van der Waals surface area contributed by atoms with Gasteiger partial charge in [-0.1, -0.05) is 16.7 Å². The Morgan fingerprint density at radius 3 is 3.00 bits per heavy atom. The summed E-state index contributed by atoms with van der Waals surface area (Å²) in [5.41, 5.74) is 6.15. The average Bonchev–Trinajstić information content (AvgIpc) is 2.80. The van der Waals surface area contributed by atoms with Gasteiger partial charge < -0.3 is 20.2 Å². The van der Waals surface area contributed by atoms with Crippen molar-refractivity contribution in [2.24, 2.45) is 5.73 Å². The number of hydrogen-bond acceptors (Lipinski definition) is 6. The zero-order valence-corrected chi connectivity index (χ0v) is 10.6. The van der Waals surface area contributed by atoms with Gasteiger partial charge in [0.1, 0.15) is 5.75 Å². The van der Waals surface area contributed by atoms with Gasteiger partial charge in [-0.25, -0.2) is 0 Å².